The number of amides is 1. The summed E-state index contributed by atoms with van der Waals surface area (Å²) >= 11 is 0. The summed E-state index contributed by atoms with van der Waals surface area (Å²) in [4.78, 5) is 36.0. The van der Waals surface area contributed by atoms with Gasteiger partial charge < -0.3 is 15.2 Å². The molecule has 2 aliphatic heterocycles. The van der Waals surface area contributed by atoms with Crippen molar-refractivity contribution < 1.29 is 4.79 Å². The van der Waals surface area contributed by atoms with Gasteiger partial charge in [0.1, 0.15) is 0 Å². The van der Waals surface area contributed by atoms with Crippen LogP contribution in [0.3, 0.4) is 0 Å². The predicted octanol–water partition coefficient (Wildman–Crippen LogP) is 2.30. The molecule has 1 fully saturated rings. The number of hydrogen-bond donors (Lipinski definition) is 2. The lowest BCUT2D eigenvalue weighted by molar-refractivity contribution is -0.115. The number of aryl methyl sites for hydroxylation is 1. The highest BCUT2D eigenvalue weighted by molar-refractivity contribution is 5.99. The summed E-state index contributed by atoms with van der Waals surface area (Å²) in [7, 11) is 0. The van der Waals surface area contributed by atoms with E-state index in [0.717, 1.165) is 71.8 Å². The Morgan fingerprint density at radius 1 is 1.07 bits per heavy atom. The van der Waals surface area contributed by atoms with Crippen molar-refractivity contribution in [3.8, 4) is 0 Å². The molecular formula is C23H25N5O2. The van der Waals surface area contributed by atoms with Crippen LogP contribution >= 0.6 is 0 Å². The van der Waals surface area contributed by atoms with E-state index in [1.165, 1.54) is 0 Å². The first-order valence-corrected chi connectivity index (χ1v) is 10.5. The largest absolute Gasteiger partial charge is 0.369 e. The molecule has 7 nitrogen and oxygen atoms in total. The molecule has 0 unspecified atom stereocenters. The number of piperazine rings is 1. The Balaban J connectivity index is 1.25. The van der Waals surface area contributed by atoms with Crippen molar-refractivity contribution in [3.05, 3.63) is 63.6 Å². The lowest BCUT2D eigenvalue weighted by atomic mass is 10.1. The fraction of sp³-hybridized carbons (Fsp3) is 0.348. The number of hydrogen-bond acceptors (Lipinski definition) is 5. The van der Waals surface area contributed by atoms with Gasteiger partial charge >= 0.3 is 0 Å². The summed E-state index contributed by atoms with van der Waals surface area (Å²) in [6.45, 7) is 6.56. The Bertz CT molecular complexity index is 1180. The van der Waals surface area contributed by atoms with Gasteiger partial charge in [-0.2, -0.15) is 0 Å². The Hall–Kier alpha value is -3.19. The van der Waals surface area contributed by atoms with Crippen LogP contribution in [0.2, 0.25) is 0 Å². The number of rotatable bonds is 4. The minimum atomic E-state index is -0.0249. The number of fused-ring (bicyclic) bond motifs is 2. The number of anilines is 2. The van der Waals surface area contributed by atoms with E-state index in [4.69, 9.17) is 0 Å². The van der Waals surface area contributed by atoms with Gasteiger partial charge in [-0.25, -0.2) is 0 Å². The van der Waals surface area contributed by atoms with Gasteiger partial charge in [0.15, 0.2) is 0 Å². The van der Waals surface area contributed by atoms with Crippen molar-refractivity contribution in [2.75, 3.05) is 36.4 Å². The highest BCUT2D eigenvalue weighted by Crippen LogP contribution is 2.29. The number of pyridine rings is 2. The summed E-state index contributed by atoms with van der Waals surface area (Å²) in [5, 5.41) is 2.94. The van der Waals surface area contributed by atoms with Gasteiger partial charge in [0.05, 0.1) is 17.5 Å². The standard InChI is InChI=1S/C23H25N5O2/c1-2-16-10-20-21(26-23(16)30)9-15(13-24-20)14-27-5-7-28(8-6-27)18-4-3-17-11-22(29)25-19(17)12-18/h3-4,9-10,12-13H,2,5-8,11,14H2,1H3,(H,25,29)(H,26,30). The van der Waals surface area contributed by atoms with E-state index in [9.17, 15) is 9.59 Å². The van der Waals surface area contributed by atoms with E-state index in [-0.39, 0.29) is 11.5 Å². The Morgan fingerprint density at radius 2 is 1.90 bits per heavy atom. The third-order valence-electron chi connectivity index (χ3n) is 6.07. The molecule has 0 saturated carbocycles. The number of carbonyl (C=O) groups is 1. The number of aromatic nitrogens is 2. The topological polar surface area (TPSA) is 81.3 Å². The van der Waals surface area contributed by atoms with Gasteiger partial charge in [-0.15, -0.1) is 0 Å². The monoisotopic (exact) mass is 403 g/mol. The van der Waals surface area contributed by atoms with Gasteiger partial charge in [-0.05, 0) is 41.8 Å². The summed E-state index contributed by atoms with van der Waals surface area (Å²) in [5.41, 5.74) is 6.67. The van der Waals surface area contributed by atoms with Crippen molar-refractivity contribution in [2.45, 2.75) is 26.3 Å². The Morgan fingerprint density at radius 3 is 2.70 bits per heavy atom. The average molecular weight is 403 g/mol. The Labute approximate surface area is 174 Å². The van der Waals surface area contributed by atoms with Gasteiger partial charge in [0.2, 0.25) is 5.91 Å². The van der Waals surface area contributed by atoms with Crippen LogP contribution in [0.5, 0.6) is 0 Å². The smallest absolute Gasteiger partial charge is 0.251 e. The van der Waals surface area contributed by atoms with Gasteiger partial charge in [0, 0.05) is 55.9 Å². The van der Waals surface area contributed by atoms with E-state index in [2.05, 4.69) is 43.3 Å². The highest BCUT2D eigenvalue weighted by Gasteiger charge is 2.21. The molecule has 3 aromatic rings. The average Bonchev–Trinajstić information content (AvgIpc) is 3.13. The van der Waals surface area contributed by atoms with Crippen LogP contribution in [0.4, 0.5) is 11.4 Å². The fourth-order valence-electron chi connectivity index (χ4n) is 4.34. The zero-order valence-corrected chi connectivity index (χ0v) is 17.1. The van der Waals surface area contributed by atoms with Crippen LogP contribution < -0.4 is 15.8 Å². The molecule has 1 aromatic carbocycles. The molecule has 0 bridgehead atoms. The van der Waals surface area contributed by atoms with Gasteiger partial charge in [-0.1, -0.05) is 13.0 Å². The fourth-order valence-corrected chi connectivity index (χ4v) is 4.34. The van der Waals surface area contributed by atoms with Crippen molar-refractivity contribution in [2.24, 2.45) is 0 Å². The molecular weight excluding hydrogens is 378 g/mol. The van der Waals surface area contributed by atoms with Crippen molar-refractivity contribution in [1.82, 2.24) is 14.9 Å². The number of H-pyrrole nitrogens is 1. The number of benzene rings is 1. The van der Waals surface area contributed by atoms with E-state index in [1.807, 2.05) is 25.3 Å². The van der Waals surface area contributed by atoms with Crippen LogP contribution in [0.25, 0.3) is 11.0 Å². The molecule has 4 heterocycles. The second-order valence-electron chi connectivity index (χ2n) is 8.08. The zero-order chi connectivity index (χ0) is 20.7. The molecule has 5 rings (SSSR count). The van der Waals surface area contributed by atoms with E-state index >= 15 is 0 Å². The predicted molar refractivity (Wildman–Crippen MR) is 118 cm³/mol. The highest BCUT2D eigenvalue weighted by atomic mass is 16.1. The maximum atomic E-state index is 12.1. The van der Waals surface area contributed by atoms with Crippen LogP contribution in [-0.2, 0) is 24.2 Å². The van der Waals surface area contributed by atoms with E-state index < -0.39 is 0 Å². The third kappa shape index (κ3) is 3.57. The third-order valence-corrected chi connectivity index (χ3v) is 6.07. The van der Waals surface area contributed by atoms with Crippen LogP contribution in [-0.4, -0.2) is 47.0 Å². The summed E-state index contributed by atoms with van der Waals surface area (Å²) in [6.07, 6.45) is 3.10. The second kappa shape index (κ2) is 7.57. The molecule has 2 aliphatic rings. The van der Waals surface area contributed by atoms with Crippen molar-refractivity contribution in [1.29, 1.82) is 0 Å². The van der Waals surface area contributed by atoms with E-state index in [0.29, 0.717) is 12.8 Å². The SMILES string of the molecule is CCc1cc2ncc(CN3CCN(c4ccc5c(c4)NC(=O)C5)CC3)cc2[nH]c1=O. The van der Waals surface area contributed by atoms with Gasteiger partial charge in [-0.3, -0.25) is 19.5 Å². The minimum absolute atomic E-state index is 0.0249. The first kappa shape index (κ1) is 18.8. The molecule has 2 N–H and O–H groups in total. The van der Waals surface area contributed by atoms with Crippen molar-refractivity contribution in [3.63, 3.8) is 0 Å². The summed E-state index contributed by atoms with van der Waals surface area (Å²) in [5.74, 6) is 0.0724. The molecule has 0 aliphatic carbocycles. The molecule has 7 heteroatoms. The zero-order valence-electron chi connectivity index (χ0n) is 17.1. The summed E-state index contributed by atoms with van der Waals surface area (Å²) < 4.78 is 0. The quantitative estimate of drug-likeness (QED) is 0.699. The number of carbonyl (C=O) groups excluding carboxylic acids is 1. The summed E-state index contributed by atoms with van der Waals surface area (Å²) in [6, 6.07) is 10.2. The maximum Gasteiger partial charge on any atom is 0.251 e. The van der Waals surface area contributed by atoms with Crippen molar-refractivity contribution >= 4 is 28.3 Å². The molecule has 30 heavy (non-hydrogen) atoms. The number of aromatic amines is 1. The normalized spacial score (nSPS) is 16.7. The maximum absolute atomic E-state index is 12.1. The second-order valence-corrected chi connectivity index (χ2v) is 8.08. The first-order valence-electron chi connectivity index (χ1n) is 10.5. The van der Waals surface area contributed by atoms with E-state index in [1.54, 1.807) is 0 Å². The first-order chi connectivity index (χ1) is 14.6. The van der Waals surface area contributed by atoms with Crippen LogP contribution in [0.15, 0.2) is 41.3 Å². The lowest BCUT2D eigenvalue weighted by Crippen LogP contribution is -2.46. The molecule has 1 saturated heterocycles. The number of nitrogens with zero attached hydrogens (tertiary/aromatic N) is 3. The molecule has 0 atom stereocenters. The van der Waals surface area contributed by atoms with Crippen LogP contribution in [0, 0.1) is 0 Å². The molecule has 0 radical (unpaired) electrons. The van der Waals surface area contributed by atoms with Crippen LogP contribution in [0.1, 0.15) is 23.6 Å². The molecule has 154 valence electrons. The molecule has 2 aromatic heterocycles. The minimum Gasteiger partial charge on any atom is -0.369 e. The Kier molecular flexibility index (Phi) is 4.75. The molecule has 0 spiro atoms. The molecule has 1 amide bonds. The van der Waals surface area contributed by atoms with Gasteiger partial charge in [0.25, 0.3) is 5.56 Å². The lowest BCUT2D eigenvalue weighted by Gasteiger charge is -2.36. The number of nitrogens with one attached hydrogen (secondary N) is 2.